The van der Waals surface area contributed by atoms with E-state index in [2.05, 4.69) is 12.1 Å². The number of amides is 1. The Balaban J connectivity index is 1.59. The second-order valence-electron chi connectivity index (χ2n) is 7.17. The Kier molecular flexibility index (Phi) is 4.54. The molecule has 1 unspecified atom stereocenters. The minimum atomic E-state index is -3.12. The highest BCUT2D eigenvalue weighted by Gasteiger charge is 2.52. The highest BCUT2D eigenvalue weighted by atomic mass is 32.2. The summed E-state index contributed by atoms with van der Waals surface area (Å²) in [6.45, 7) is 1.12. The fourth-order valence-corrected chi connectivity index (χ4v) is 6.26. The van der Waals surface area contributed by atoms with Gasteiger partial charge in [0.05, 0.1) is 12.3 Å². The van der Waals surface area contributed by atoms with Crippen LogP contribution in [0.2, 0.25) is 0 Å². The van der Waals surface area contributed by atoms with Crippen molar-refractivity contribution in [2.75, 3.05) is 29.5 Å². The van der Waals surface area contributed by atoms with Crippen LogP contribution >= 0.6 is 0 Å². The summed E-state index contributed by atoms with van der Waals surface area (Å²) in [6, 6.07) is 19.3. The van der Waals surface area contributed by atoms with Crippen LogP contribution in [-0.4, -0.2) is 51.0 Å². The van der Waals surface area contributed by atoms with Gasteiger partial charge in [-0.3, -0.25) is 9.69 Å². The molecule has 2 heterocycles. The van der Waals surface area contributed by atoms with Crippen molar-refractivity contribution >= 4 is 21.4 Å². The molecular formula is C20H23N2O3S+. The number of nitrogens with one attached hydrogen (secondary N) is 1. The van der Waals surface area contributed by atoms with Crippen LogP contribution in [-0.2, 0) is 21.1 Å². The third-order valence-electron chi connectivity index (χ3n) is 5.44. The Morgan fingerprint density at radius 2 is 1.62 bits per heavy atom. The summed E-state index contributed by atoms with van der Waals surface area (Å²) < 4.78 is 24.7. The first kappa shape index (κ1) is 17.2. The van der Waals surface area contributed by atoms with E-state index in [4.69, 9.17) is 0 Å². The van der Waals surface area contributed by atoms with Gasteiger partial charge in [-0.1, -0.05) is 48.5 Å². The van der Waals surface area contributed by atoms with Crippen molar-refractivity contribution in [1.29, 1.82) is 0 Å². The number of quaternary nitrogens is 1. The number of piperazine rings is 1. The highest BCUT2D eigenvalue weighted by molar-refractivity contribution is 7.91. The molecule has 0 aliphatic carbocycles. The maximum absolute atomic E-state index is 12.9. The van der Waals surface area contributed by atoms with E-state index in [1.54, 1.807) is 4.90 Å². The third-order valence-corrected chi connectivity index (χ3v) is 7.15. The zero-order chi connectivity index (χ0) is 18.1. The Labute approximate surface area is 154 Å². The first-order chi connectivity index (χ1) is 12.5. The van der Waals surface area contributed by atoms with Gasteiger partial charge in [0.25, 0.3) is 5.91 Å². The maximum atomic E-state index is 12.9. The van der Waals surface area contributed by atoms with E-state index in [0.29, 0.717) is 6.54 Å². The zero-order valence-electron chi connectivity index (χ0n) is 14.5. The Morgan fingerprint density at radius 1 is 0.962 bits per heavy atom. The summed E-state index contributed by atoms with van der Waals surface area (Å²) in [5.74, 6) is 0.239. The van der Waals surface area contributed by atoms with Crippen molar-refractivity contribution in [1.82, 2.24) is 0 Å². The molecule has 1 N–H and O–H groups in total. The van der Waals surface area contributed by atoms with E-state index < -0.39 is 9.84 Å². The summed E-state index contributed by atoms with van der Waals surface area (Å²) in [7, 11) is -3.12. The van der Waals surface area contributed by atoms with Gasteiger partial charge in [-0.05, 0) is 17.7 Å². The number of anilines is 1. The molecule has 0 radical (unpaired) electrons. The number of rotatable bonds is 4. The molecule has 2 aliphatic heterocycles. The molecule has 0 aromatic heterocycles. The minimum Gasteiger partial charge on any atom is -0.322 e. The topological polar surface area (TPSA) is 58.9 Å². The van der Waals surface area contributed by atoms with Crippen molar-refractivity contribution in [2.24, 2.45) is 0 Å². The number of carbonyl (C=O) groups excluding carboxylic acids is 1. The van der Waals surface area contributed by atoms with Crippen LogP contribution < -0.4 is 9.80 Å². The van der Waals surface area contributed by atoms with Crippen LogP contribution in [0.3, 0.4) is 0 Å². The van der Waals surface area contributed by atoms with E-state index in [1.807, 2.05) is 48.5 Å². The Hall–Kier alpha value is -2.18. The average molecular weight is 371 g/mol. The quantitative estimate of drug-likeness (QED) is 0.843. The maximum Gasteiger partial charge on any atom is 0.282 e. The Bertz CT molecular complexity index is 884. The van der Waals surface area contributed by atoms with Crippen LogP contribution in [0.5, 0.6) is 0 Å². The first-order valence-electron chi connectivity index (χ1n) is 8.99. The van der Waals surface area contributed by atoms with Gasteiger partial charge >= 0.3 is 0 Å². The number of hydrogen-bond donors (Lipinski definition) is 1. The molecule has 0 bridgehead atoms. The van der Waals surface area contributed by atoms with Crippen molar-refractivity contribution in [3.63, 3.8) is 0 Å². The van der Waals surface area contributed by atoms with Crippen molar-refractivity contribution < 1.29 is 18.1 Å². The molecule has 2 aromatic carbocycles. The van der Waals surface area contributed by atoms with Gasteiger partial charge in [0.1, 0.15) is 17.8 Å². The third kappa shape index (κ3) is 3.39. The van der Waals surface area contributed by atoms with Gasteiger partial charge in [0.15, 0.2) is 16.4 Å². The molecule has 5 nitrogen and oxygen atoms in total. The number of fused-ring (bicyclic) bond motifs is 1. The predicted octanol–water partition coefficient (Wildman–Crippen LogP) is 0.326. The number of sulfone groups is 1. The van der Waals surface area contributed by atoms with Gasteiger partial charge < -0.3 is 4.90 Å². The van der Waals surface area contributed by atoms with Crippen molar-refractivity contribution in [2.45, 2.75) is 18.5 Å². The number of hydrogen-bond acceptors (Lipinski definition) is 3. The molecule has 0 spiro atoms. The molecule has 2 aromatic rings. The number of para-hydroxylation sites is 1. The second-order valence-corrected chi connectivity index (χ2v) is 9.32. The molecule has 4 rings (SSSR count). The molecule has 2 saturated heterocycles. The first-order valence-corrected chi connectivity index (χ1v) is 10.8. The zero-order valence-corrected chi connectivity index (χ0v) is 15.4. The lowest BCUT2D eigenvalue weighted by molar-refractivity contribution is -0.917. The molecule has 136 valence electrons. The molecule has 6 heteroatoms. The smallest absolute Gasteiger partial charge is 0.282 e. The summed E-state index contributed by atoms with van der Waals surface area (Å²) in [4.78, 5) is 15.7. The van der Waals surface area contributed by atoms with Crippen molar-refractivity contribution in [3.8, 4) is 0 Å². The summed E-state index contributed by atoms with van der Waals surface area (Å²) in [5.41, 5.74) is 2.02. The molecule has 1 amide bonds. The van der Waals surface area contributed by atoms with E-state index in [9.17, 15) is 13.2 Å². The molecule has 2 fully saturated rings. The predicted molar refractivity (Wildman–Crippen MR) is 101 cm³/mol. The van der Waals surface area contributed by atoms with E-state index >= 15 is 0 Å². The van der Waals surface area contributed by atoms with E-state index in [0.717, 1.165) is 23.6 Å². The van der Waals surface area contributed by atoms with Crippen LogP contribution in [0, 0.1) is 0 Å². The van der Waals surface area contributed by atoms with E-state index in [1.165, 1.54) is 5.56 Å². The van der Waals surface area contributed by atoms with E-state index in [-0.39, 0.29) is 29.5 Å². The van der Waals surface area contributed by atoms with Gasteiger partial charge in [0, 0.05) is 12.1 Å². The number of carbonyl (C=O) groups is 1. The lowest BCUT2D eigenvalue weighted by atomic mass is 10.0. The SMILES string of the molecule is O=C1C[NH+](CCc2ccccc2)[C@@H]2CS(=O)(=O)C[C@@H]2N1c1ccccc1. The van der Waals surface area contributed by atoms with Gasteiger partial charge in [0.2, 0.25) is 0 Å². The molecular weight excluding hydrogens is 348 g/mol. The van der Waals surface area contributed by atoms with Gasteiger partial charge in [-0.25, -0.2) is 8.42 Å². The van der Waals surface area contributed by atoms with Gasteiger partial charge in [-0.15, -0.1) is 0 Å². The number of benzene rings is 2. The van der Waals surface area contributed by atoms with Crippen LogP contribution in [0.25, 0.3) is 0 Å². The molecule has 3 atom stereocenters. The van der Waals surface area contributed by atoms with Gasteiger partial charge in [-0.2, -0.15) is 0 Å². The van der Waals surface area contributed by atoms with Crippen molar-refractivity contribution in [3.05, 3.63) is 66.2 Å². The fourth-order valence-electron chi connectivity index (χ4n) is 4.22. The average Bonchev–Trinajstić information content (AvgIpc) is 2.96. The molecule has 0 saturated carbocycles. The largest absolute Gasteiger partial charge is 0.322 e. The number of nitrogens with zero attached hydrogens (tertiary/aromatic N) is 1. The Morgan fingerprint density at radius 3 is 2.31 bits per heavy atom. The highest BCUT2D eigenvalue weighted by Crippen LogP contribution is 2.25. The summed E-state index contributed by atoms with van der Waals surface area (Å²) in [5, 5.41) is 0. The second kappa shape index (κ2) is 6.85. The fraction of sp³-hybridized carbons (Fsp3) is 0.350. The standard InChI is InChI=1S/C20H22N2O3S/c23-20-13-21(12-11-16-7-3-1-4-8-16)18-14-26(24,25)15-19(18)22(20)17-9-5-2-6-10-17/h1-10,18-19H,11-15H2/p+1/t18-,19+/m1/s1. The van der Waals surface area contributed by atoms with Crippen LogP contribution in [0.4, 0.5) is 5.69 Å². The monoisotopic (exact) mass is 371 g/mol. The lowest BCUT2D eigenvalue weighted by Crippen LogP contribution is -3.20. The summed E-state index contributed by atoms with van der Waals surface area (Å²) in [6.07, 6.45) is 0.845. The van der Waals surface area contributed by atoms with Crippen LogP contribution in [0.15, 0.2) is 60.7 Å². The molecule has 26 heavy (non-hydrogen) atoms. The molecule has 2 aliphatic rings. The van der Waals surface area contributed by atoms with Crippen LogP contribution in [0.1, 0.15) is 5.56 Å². The minimum absolute atomic E-state index is 0.0117. The summed E-state index contributed by atoms with van der Waals surface area (Å²) >= 11 is 0. The lowest BCUT2D eigenvalue weighted by Gasteiger charge is -2.40. The normalized spacial score (nSPS) is 27.3.